The Morgan fingerprint density at radius 3 is 2.67 bits per heavy atom. The van der Waals surface area contributed by atoms with E-state index >= 15 is 0 Å². The van der Waals surface area contributed by atoms with Crippen molar-refractivity contribution in [3.05, 3.63) is 46.8 Å². The lowest BCUT2D eigenvalue weighted by molar-refractivity contribution is 0.572. The number of nitrogens with one attached hydrogen (secondary N) is 1. The van der Waals surface area contributed by atoms with Crippen molar-refractivity contribution in [3.8, 4) is 10.4 Å². The normalized spacial score (nSPS) is 12.6. The van der Waals surface area contributed by atoms with Crippen LogP contribution in [0, 0.1) is 6.92 Å². The topological polar surface area (TPSA) is 12.0 Å². The molecule has 0 fully saturated rings. The molecule has 1 unspecified atom stereocenters. The largest absolute Gasteiger partial charge is 0.310 e. The van der Waals surface area contributed by atoms with Crippen LogP contribution in [0.5, 0.6) is 0 Å². The SMILES string of the molecule is CCCNC(C)c1ccccc1-c1sccc1C. The van der Waals surface area contributed by atoms with E-state index in [1.165, 1.54) is 28.0 Å². The maximum absolute atomic E-state index is 3.58. The average molecular weight is 259 g/mol. The summed E-state index contributed by atoms with van der Waals surface area (Å²) < 4.78 is 0. The van der Waals surface area contributed by atoms with Gasteiger partial charge in [0.15, 0.2) is 0 Å². The molecule has 0 saturated carbocycles. The van der Waals surface area contributed by atoms with Gasteiger partial charge in [-0.1, -0.05) is 31.2 Å². The van der Waals surface area contributed by atoms with Gasteiger partial charge in [-0.15, -0.1) is 11.3 Å². The van der Waals surface area contributed by atoms with Crippen LogP contribution in [0.15, 0.2) is 35.7 Å². The summed E-state index contributed by atoms with van der Waals surface area (Å²) in [6, 6.07) is 11.3. The van der Waals surface area contributed by atoms with Crippen molar-refractivity contribution in [3.63, 3.8) is 0 Å². The number of benzene rings is 1. The third-order valence-electron chi connectivity index (χ3n) is 3.23. The van der Waals surface area contributed by atoms with Crippen LogP contribution < -0.4 is 5.32 Å². The van der Waals surface area contributed by atoms with Gasteiger partial charge >= 0.3 is 0 Å². The smallest absolute Gasteiger partial charge is 0.0375 e. The molecule has 18 heavy (non-hydrogen) atoms. The molecule has 0 saturated heterocycles. The fourth-order valence-corrected chi connectivity index (χ4v) is 3.18. The first-order valence-corrected chi connectivity index (χ1v) is 7.48. The highest BCUT2D eigenvalue weighted by Gasteiger charge is 2.12. The summed E-state index contributed by atoms with van der Waals surface area (Å²) in [5.41, 5.74) is 4.15. The molecule has 0 aliphatic heterocycles. The number of rotatable bonds is 5. The van der Waals surface area contributed by atoms with Crippen molar-refractivity contribution in [2.75, 3.05) is 6.54 Å². The van der Waals surface area contributed by atoms with E-state index in [2.05, 4.69) is 61.8 Å². The van der Waals surface area contributed by atoms with E-state index in [0.29, 0.717) is 6.04 Å². The van der Waals surface area contributed by atoms with Crippen molar-refractivity contribution < 1.29 is 0 Å². The van der Waals surface area contributed by atoms with Crippen molar-refractivity contribution >= 4 is 11.3 Å². The monoisotopic (exact) mass is 259 g/mol. The number of thiophene rings is 1. The molecule has 0 spiro atoms. The predicted octanol–water partition coefficient (Wildman–Crippen LogP) is 4.78. The Labute approximate surface area is 114 Å². The van der Waals surface area contributed by atoms with Gasteiger partial charge in [-0.2, -0.15) is 0 Å². The molecule has 1 N–H and O–H groups in total. The Balaban J connectivity index is 2.34. The average Bonchev–Trinajstić information content (AvgIpc) is 2.82. The Kier molecular flexibility index (Phi) is 4.56. The van der Waals surface area contributed by atoms with Crippen molar-refractivity contribution in [1.29, 1.82) is 0 Å². The molecule has 2 aromatic rings. The van der Waals surface area contributed by atoms with Crippen LogP contribution in [0.3, 0.4) is 0 Å². The Bertz CT molecular complexity index is 501. The highest BCUT2D eigenvalue weighted by atomic mass is 32.1. The molecule has 2 rings (SSSR count). The lowest BCUT2D eigenvalue weighted by atomic mass is 9.98. The van der Waals surface area contributed by atoms with E-state index in [1.807, 2.05) is 11.3 Å². The van der Waals surface area contributed by atoms with Crippen molar-refractivity contribution in [1.82, 2.24) is 5.32 Å². The summed E-state index contributed by atoms with van der Waals surface area (Å²) in [4.78, 5) is 1.40. The maximum Gasteiger partial charge on any atom is 0.0375 e. The van der Waals surface area contributed by atoms with E-state index in [0.717, 1.165) is 6.54 Å². The van der Waals surface area contributed by atoms with E-state index < -0.39 is 0 Å². The van der Waals surface area contributed by atoms with Crippen LogP contribution in [0.1, 0.15) is 37.4 Å². The van der Waals surface area contributed by atoms with E-state index in [-0.39, 0.29) is 0 Å². The molecular weight excluding hydrogens is 238 g/mol. The quantitative estimate of drug-likeness (QED) is 0.814. The minimum atomic E-state index is 0.405. The summed E-state index contributed by atoms with van der Waals surface area (Å²) in [6.07, 6.45) is 1.17. The molecule has 0 aliphatic carbocycles. The van der Waals surface area contributed by atoms with Gasteiger partial charge in [0.25, 0.3) is 0 Å². The van der Waals surface area contributed by atoms with Crippen molar-refractivity contribution in [2.45, 2.75) is 33.2 Å². The van der Waals surface area contributed by atoms with Crippen molar-refractivity contribution in [2.24, 2.45) is 0 Å². The Morgan fingerprint density at radius 1 is 1.22 bits per heavy atom. The Morgan fingerprint density at radius 2 is 2.00 bits per heavy atom. The maximum atomic E-state index is 3.58. The van der Waals surface area contributed by atoms with Crippen LogP contribution in [0.25, 0.3) is 10.4 Å². The number of hydrogen-bond donors (Lipinski definition) is 1. The number of hydrogen-bond acceptors (Lipinski definition) is 2. The standard InChI is InChI=1S/C16H21NS/c1-4-10-17-13(3)14-7-5-6-8-15(14)16-12(2)9-11-18-16/h5-9,11,13,17H,4,10H2,1-3H3. The predicted molar refractivity (Wildman–Crippen MR) is 81.2 cm³/mol. The molecule has 0 aliphatic rings. The molecule has 96 valence electrons. The number of aryl methyl sites for hydroxylation is 1. The molecule has 0 radical (unpaired) electrons. The van der Waals surface area contributed by atoms with E-state index in [9.17, 15) is 0 Å². The van der Waals surface area contributed by atoms with Gasteiger partial charge in [0.05, 0.1) is 0 Å². The minimum Gasteiger partial charge on any atom is -0.310 e. The molecule has 1 heterocycles. The van der Waals surface area contributed by atoms with Crippen LogP contribution in [-0.4, -0.2) is 6.54 Å². The fraction of sp³-hybridized carbons (Fsp3) is 0.375. The molecule has 1 atom stereocenters. The zero-order valence-corrected chi connectivity index (χ0v) is 12.2. The molecule has 1 aromatic heterocycles. The molecule has 0 amide bonds. The minimum absolute atomic E-state index is 0.405. The van der Waals surface area contributed by atoms with E-state index in [4.69, 9.17) is 0 Å². The third kappa shape index (κ3) is 2.82. The lowest BCUT2D eigenvalue weighted by Gasteiger charge is -2.17. The highest BCUT2D eigenvalue weighted by molar-refractivity contribution is 7.13. The molecule has 1 nitrogen and oxygen atoms in total. The Hall–Kier alpha value is -1.12. The van der Waals surface area contributed by atoms with Gasteiger partial charge in [-0.05, 0) is 54.9 Å². The van der Waals surface area contributed by atoms with Gasteiger partial charge in [0.1, 0.15) is 0 Å². The van der Waals surface area contributed by atoms with Crippen LogP contribution >= 0.6 is 11.3 Å². The van der Waals surface area contributed by atoms with Gasteiger partial charge in [0, 0.05) is 10.9 Å². The summed E-state index contributed by atoms with van der Waals surface area (Å²) in [5, 5.41) is 5.75. The summed E-state index contributed by atoms with van der Waals surface area (Å²) in [5.74, 6) is 0. The fourth-order valence-electron chi connectivity index (χ4n) is 2.20. The van der Waals surface area contributed by atoms with Crippen LogP contribution in [0.4, 0.5) is 0 Å². The highest BCUT2D eigenvalue weighted by Crippen LogP contribution is 2.34. The second-order valence-corrected chi connectivity index (χ2v) is 5.61. The molecule has 0 bridgehead atoms. The summed E-state index contributed by atoms with van der Waals surface area (Å²) >= 11 is 1.83. The first-order chi connectivity index (χ1) is 8.74. The first-order valence-electron chi connectivity index (χ1n) is 6.60. The zero-order chi connectivity index (χ0) is 13.0. The zero-order valence-electron chi connectivity index (χ0n) is 11.4. The van der Waals surface area contributed by atoms with Gasteiger partial charge < -0.3 is 5.32 Å². The summed E-state index contributed by atoms with van der Waals surface area (Å²) in [7, 11) is 0. The third-order valence-corrected chi connectivity index (χ3v) is 4.28. The summed E-state index contributed by atoms with van der Waals surface area (Å²) in [6.45, 7) is 7.71. The van der Waals surface area contributed by atoms with Gasteiger partial charge in [0.2, 0.25) is 0 Å². The van der Waals surface area contributed by atoms with Gasteiger partial charge in [-0.25, -0.2) is 0 Å². The first kappa shape index (κ1) is 13.3. The lowest BCUT2D eigenvalue weighted by Crippen LogP contribution is -2.19. The van der Waals surface area contributed by atoms with Crippen LogP contribution in [-0.2, 0) is 0 Å². The molecule has 2 heteroatoms. The molecular formula is C16H21NS. The van der Waals surface area contributed by atoms with Crippen LogP contribution in [0.2, 0.25) is 0 Å². The van der Waals surface area contributed by atoms with E-state index in [1.54, 1.807) is 0 Å². The second-order valence-electron chi connectivity index (χ2n) is 4.70. The molecule has 1 aromatic carbocycles. The second kappa shape index (κ2) is 6.17. The van der Waals surface area contributed by atoms with Gasteiger partial charge in [-0.3, -0.25) is 0 Å².